The summed E-state index contributed by atoms with van der Waals surface area (Å²) in [5.41, 5.74) is 0. The predicted molar refractivity (Wildman–Crippen MR) is 91.8 cm³/mol. The minimum atomic E-state index is -0.759. The molecule has 0 aliphatic rings. The Kier molecular flexibility index (Phi) is 15.8. The SMILES string of the molecule is CCOC(=O)/C=C/C(=O)OCC(CC(C)C)OC(=O)/C=C/C(=O)OCC.[Cl-]. The molecule has 0 aromatic heterocycles. The third-order valence-corrected chi connectivity index (χ3v) is 2.71. The lowest BCUT2D eigenvalue weighted by molar-refractivity contribution is -0.153. The lowest BCUT2D eigenvalue weighted by Gasteiger charge is -2.18. The lowest BCUT2D eigenvalue weighted by Crippen LogP contribution is -3.00. The molecule has 0 aromatic carbocycles. The zero-order chi connectivity index (χ0) is 19.9. The summed E-state index contributed by atoms with van der Waals surface area (Å²) in [5, 5.41) is 0. The molecule has 0 fully saturated rings. The number of hydrogen-bond acceptors (Lipinski definition) is 8. The van der Waals surface area contributed by atoms with Gasteiger partial charge in [-0.15, -0.1) is 0 Å². The molecule has 0 aliphatic carbocycles. The Hall–Kier alpha value is -2.35. The zero-order valence-corrected chi connectivity index (χ0v) is 16.7. The standard InChI is InChI=1S/C18H26O8.ClH/c1-5-23-15(19)7-8-17(21)25-12-14(11-13(3)4)26-18(22)10-9-16(20)24-6-2;/h7-10,13-14H,5-6,11-12H2,1-4H3;1H/p-1/b8-7+,10-9+;. The number of halogens is 1. The van der Waals surface area contributed by atoms with E-state index in [0.29, 0.717) is 6.42 Å². The molecule has 0 aromatic rings. The van der Waals surface area contributed by atoms with Crippen molar-refractivity contribution in [2.75, 3.05) is 19.8 Å². The Morgan fingerprint density at radius 1 is 0.741 bits per heavy atom. The van der Waals surface area contributed by atoms with E-state index >= 15 is 0 Å². The predicted octanol–water partition coefficient (Wildman–Crippen LogP) is -1.27. The molecule has 27 heavy (non-hydrogen) atoms. The van der Waals surface area contributed by atoms with E-state index in [0.717, 1.165) is 24.3 Å². The monoisotopic (exact) mass is 405 g/mol. The fraction of sp³-hybridized carbons (Fsp3) is 0.556. The number of rotatable bonds is 11. The van der Waals surface area contributed by atoms with Crippen LogP contribution in [0.1, 0.15) is 34.1 Å². The molecule has 0 radical (unpaired) electrons. The Morgan fingerprint density at radius 3 is 1.56 bits per heavy atom. The van der Waals surface area contributed by atoms with Gasteiger partial charge in [0.2, 0.25) is 0 Å². The molecule has 9 heteroatoms. The lowest BCUT2D eigenvalue weighted by atomic mass is 10.1. The van der Waals surface area contributed by atoms with Crippen LogP contribution in [0.3, 0.4) is 0 Å². The first-order valence-corrected chi connectivity index (χ1v) is 8.35. The second-order valence-corrected chi connectivity index (χ2v) is 5.49. The summed E-state index contributed by atoms with van der Waals surface area (Å²) in [6.45, 7) is 7.34. The molecule has 0 rings (SSSR count). The van der Waals surface area contributed by atoms with Crippen LogP contribution >= 0.6 is 0 Å². The summed E-state index contributed by atoms with van der Waals surface area (Å²) in [5.74, 6) is -2.64. The van der Waals surface area contributed by atoms with Crippen molar-refractivity contribution in [1.29, 1.82) is 0 Å². The highest BCUT2D eigenvalue weighted by molar-refractivity contribution is 5.92. The van der Waals surface area contributed by atoms with Gasteiger partial charge in [0.25, 0.3) is 0 Å². The van der Waals surface area contributed by atoms with Crippen molar-refractivity contribution in [2.45, 2.75) is 40.2 Å². The van der Waals surface area contributed by atoms with Crippen molar-refractivity contribution in [3.63, 3.8) is 0 Å². The molecule has 0 N–H and O–H groups in total. The Balaban J connectivity index is 0. The number of hydrogen-bond donors (Lipinski definition) is 0. The molecular formula is C18H26ClO8-. The first-order valence-electron chi connectivity index (χ1n) is 8.35. The fourth-order valence-corrected chi connectivity index (χ4v) is 1.76. The van der Waals surface area contributed by atoms with Gasteiger partial charge in [-0.3, -0.25) is 0 Å². The van der Waals surface area contributed by atoms with Crippen LogP contribution in [0.25, 0.3) is 0 Å². The van der Waals surface area contributed by atoms with Gasteiger partial charge in [0, 0.05) is 24.3 Å². The normalized spacial score (nSPS) is 11.7. The largest absolute Gasteiger partial charge is 1.00 e. The minimum absolute atomic E-state index is 0. The zero-order valence-electron chi connectivity index (χ0n) is 15.9. The first-order chi connectivity index (χ1) is 12.3. The molecule has 1 unspecified atom stereocenters. The van der Waals surface area contributed by atoms with Crippen LogP contribution in [0.4, 0.5) is 0 Å². The average molecular weight is 406 g/mol. The maximum absolute atomic E-state index is 11.7. The van der Waals surface area contributed by atoms with E-state index in [1.54, 1.807) is 13.8 Å². The Morgan fingerprint density at radius 2 is 1.15 bits per heavy atom. The molecule has 8 nitrogen and oxygen atoms in total. The summed E-state index contributed by atoms with van der Waals surface area (Å²) >= 11 is 0. The van der Waals surface area contributed by atoms with Gasteiger partial charge in [0.05, 0.1) is 13.2 Å². The van der Waals surface area contributed by atoms with Crippen LogP contribution in [0.5, 0.6) is 0 Å². The van der Waals surface area contributed by atoms with Gasteiger partial charge in [-0.2, -0.15) is 0 Å². The molecule has 0 heterocycles. The highest BCUT2D eigenvalue weighted by Crippen LogP contribution is 2.10. The number of carbonyl (C=O) groups excluding carboxylic acids is 4. The highest BCUT2D eigenvalue weighted by Gasteiger charge is 2.17. The summed E-state index contributed by atoms with van der Waals surface area (Å²) in [6, 6.07) is 0. The molecule has 0 amide bonds. The van der Waals surface area contributed by atoms with Crippen molar-refractivity contribution in [3.8, 4) is 0 Å². The smallest absolute Gasteiger partial charge is 0.331 e. The van der Waals surface area contributed by atoms with E-state index in [4.69, 9.17) is 9.47 Å². The van der Waals surface area contributed by atoms with Gasteiger partial charge < -0.3 is 31.4 Å². The maximum Gasteiger partial charge on any atom is 0.331 e. The van der Waals surface area contributed by atoms with Gasteiger partial charge in [0.15, 0.2) is 0 Å². The molecule has 154 valence electrons. The van der Waals surface area contributed by atoms with Crippen molar-refractivity contribution >= 4 is 23.9 Å². The second-order valence-electron chi connectivity index (χ2n) is 5.49. The molecule has 0 saturated carbocycles. The van der Waals surface area contributed by atoms with Crippen LogP contribution in [-0.4, -0.2) is 49.8 Å². The Bertz CT molecular complexity index is 539. The average Bonchev–Trinajstić information content (AvgIpc) is 2.56. The second kappa shape index (κ2) is 15.9. The molecule has 0 bridgehead atoms. The topological polar surface area (TPSA) is 105 Å². The summed E-state index contributed by atoms with van der Waals surface area (Å²) in [4.78, 5) is 45.6. The summed E-state index contributed by atoms with van der Waals surface area (Å²) < 4.78 is 19.4. The van der Waals surface area contributed by atoms with Crippen LogP contribution in [0, 0.1) is 5.92 Å². The van der Waals surface area contributed by atoms with E-state index in [-0.39, 0.29) is 38.1 Å². The van der Waals surface area contributed by atoms with E-state index in [2.05, 4.69) is 9.47 Å². The summed E-state index contributed by atoms with van der Waals surface area (Å²) in [7, 11) is 0. The molecule has 0 saturated heterocycles. The van der Waals surface area contributed by atoms with Crippen LogP contribution in [0.2, 0.25) is 0 Å². The van der Waals surface area contributed by atoms with Gasteiger partial charge in [0.1, 0.15) is 12.7 Å². The van der Waals surface area contributed by atoms with Crippen LogP contribution in [0.15, 0.2) is 24.3 Å². The summed E-state index contributed by atoms with van der Waals surface area (Å²) in [6.07, 6.45) is 3.58. The van der Waals surface area contributed by atoms with Crippen molar-refractivity contribution in [2.24, 2.45) is 5.92 Å². The van der Waals surface area contributed by atoms with Crippen molar-refractivity contribution < 1.29 is 50.5 Å². The van der Waals surface area contributed by atoms with Gasteiger partial charge in [-0.05, 0) is 26.2 Å². The highest BCUT2D eigenvalue weighted by atomic mass is 35.5. The van der Waals surface area contributed by atoms with Crippen molar-refractivity contribution in [1.82, 2.24) is 0 Å². The van der Waals surface area contributed by atoms with Crippen molar-refractivity contribution in [3.05, 3.63) is 24.3 Å². The molecule has 0 spiro atoms. The quantitative estimate of drug-likeness (QED) is 0.238. The van der Waals surface area contributed by atoms with Crippen LogP contribution < -0.4 is 12.4 Å². The van der Waals surface area contributed by atoms with E-state index in [9.17, 15) is 19.2 Å². The van der Waals surface area contributed by atoms with Gasteiger partial charge in [-0.1, -0.05) is 13.8 Å². The minimum Gasteiger partial charge on any atom is -1.00 e. The Labute approximate surface area is 165 Å². The fourth-order valence-electron chi connectivity index (χ4n) is 1.76. The first kappa shape index (κ1) is 26.9. The number of ether oxygens (including phenoxy) is 4. The number of carbonyl (C=O) groups is 4. The van der Waals surface area contributed by atoms with E-state index in [1.807, 2.05) is 13.8 Å². The third-order valence-electron chi connectivity index (χ3n) is 2.71. The maximum atomic E-state index is 11.7. The third kappa shape index (κ3) is 15.6. The molecular weight excluding hydrogens is 380 g/mol. The van der Waals surface area contributed by atoms with E-state index in [1.165, 1.54) is 0 Å². The number of esters is 4. The van der Waals surface area contributed by atoms with Gasteiger partial charge >= 0.3 is 23.9 Å². The van der Waals surface area contributed by atoms with E-state index < -0.39 is 30.0 Å². The van der Waals surface area contributed by atoms with Gasteiger partial charge in [-0.25, -0.2) is 19.2 Å². The van der Waals surface area contributed by atoms with Crippen LogP contribution in [-0.2, 0) is 38.1 Å². The molecule has 1 atom stereocenters. The molecule has 0 aliphatic heterocycles.